The third kappa shape index (κ3) is 4.04. The van der Waals surface area contributed by atoms with E-state index < -0.39 is 0 Å². The molecule has 7 heteroatoms. The highest BCUT2D eigenvalue weighted by atomic mass is 32.1. The fraction of sp³-hybridized carbons (Fsp3) is 0. The van der Waals surface area contributed by atoms with Crippen LogP contribution in [-0.4, -0.2) is 11.6 Å². The number of hydrazone groups is 1. The molecule has 1 amide bonds. The Hall–Kier alpha value is -5.45. The minimum absolute atomic E-state index is 0.0929. The molecule has 6 nitrogen and oxygen atoms in total. The molecule has 2 aromatic heterocycles. The number of hydrogen-bond donors (Lipinski definition) is 0. The van der Waals surface area contributed by atoms with Gasteiger partial charge in [-0.25, -0.2) is 0 Å². The summed E-state index contributed by atoms with van der Waals surface area (Å²) in [6, 6.07) is 39.7. The molecule has 0 aliphatic carbocycles. The maximum atomic E-state index is 13.1. The number of fused-ring (bicyclic) bond motifs is 3. The van der Waals surface area contributed by atoms with E-state index in [0.29, 0.717) is 5.69 Å². The van der Waals surface area contributed by atoms with E-state index in [-0.39, 0.29) is 17.2 Å². The van der Waals surface area contributed by atoms with Crippen LogP contribution < -0.4 is 9.91 Å². The molecule has 40 heavy (non-hydrogen) atoms. The summed E-state index contributed by atoms with van der Waals surface area (Å²) in [5.74, 6) is -0.329. The first-order chi connectivity index (χ1) is 19.7. The maximum absolute atomic E-state index is 13.1. The second kappa shape index (κ2) is 9.70. The van der Waals surface area contributed by atoms with Crippen LogP contribution in [0.2, 0.25) is 0 Å². The Morgan fingerprint density at radius 3 is 2.10 bits per heavy atom. The Kier molecular flexibility index (Phi) is 5.73. The van der Waals surface area contributed by atoms with Crippen molar-refractivity contribution >= 4 is 73.0 Å². The lowest BCUT2D eigenvalue weighted by Gasteiger charge is -2.25. The van der Waals surface area contributed by atoms with Crippen molar-refractivity contribution in [1.82, 2.24) is 0 Å². The van der Waals surface area contributed by atoms with Gasteiger partial charge in [0.1, 0.15) is 17.2 Å². The van der Waals surface area contributed by atoms with Crippen molar-refractivity contribution in [2.45, 2.75) is 0 Å². The van der Waals surface area contributed by atoms with Crippen molar-refractivity contribution < 1.29 is 9.21 Å². The molecule has 4 aromatic carbocycles. The smallest absolute Gasteiger partial charge is 0.281 e. The summed E-state index contributed by atoms with van der Waals surface area (Å²) in [7, 11) is 0. The summed E-state index contributed by atoms with van der Waals surface area (Å²) in [5.41, 5.74) is 5.58. The standard InChI is InChI=1S/C33H20N4O2S/c34-21-29-28(33(38)37(35-29)24-14-8-3-9-15-24)19-26-20-31-32(40-26)27-17-16-25(18-30(27)39-31)36(22-10-4-1-5-11-22)23-12-6-2-7-13-23/h1-20H/b28-19-. The average molecular weight is 537 g/mol. The lowest BCUT2D eigenvalue weighted by atomic mass is 10.1. The number of nitrogens with zero attached hydrogens (tertiary/aromatic N) is 4. The molecule has 0 spiro atoms. The van der Waals surface area contributed by atoms with Crippen LogP contribution >= 0.6 is 11.3 Å². The lowest BCUT2D eigenvalue weighted by Crippen LogP contribution is -2.21. The van der Waals surface area contributed by atoms with Gasteiger partial charge in [0.05, 0.1) is 16.0 Å². The van der Waals surface area contributed by atoms with Gasteiger partial charge in [0.2, 0.25) is 0 Å². The quantitative estimate of drug-likeness (QED) is 0.207. The normalized spacial score (nSPS) is 14.2. The fourth-order valence-corrected chi connectivity index (χ4v) is 5.94. The monoisotopic (exact) mass is 536 g/mol. The van der Waals surface area contributed by atoms with Crippen LogP contribution in [0.3, 0.4) is 0 Å². The maximum Gasteiger partial charge on any atom is 0.281 e. The highest BCUT2D eigenvalue weighted by molar-refractivity contribution is 7.20. The largest absolute Gasteiger partial charge is 0.455 e. The number of thiophene rings is 1. The Balaban J connectivity index is 1.26. The Morgan fingerprint density at radius 2 is 1.45 bits per heavy atom. The lowest BCUT2D eigenvalue weighted by molar-refractivity contribution is -0.114. The van der Waals surface area contributed by atoms with Crippen LogP contribution in [0.5, 0.6) is 0 Å². The van der Waals surface area contributed by atoms with E-state index in [2.05, 4.69) is 58.5 Å². The summed E-state index contributed by atoms with van der Waals surface area (Å²) >= 11 is 1.52. The number of para-hydroxylation sites is 3. The van der Waals surface area contributed by atoms with E-state index in [1.54, 1.807) is 18.2 Å². The molecular weight excluding hydrogens is 516 g/mol. The molecule has 1 aliphatic rings. The van der Waals surface area contributed by atoms with Crippen molar-refractivity contribution in [1.29, 1.82) is 5.26 Å². The summed E-state index contributed by atoms with van der Waals surface area (Å²) < 4.78 is 7.28. The number of furan rings is 1. The van der Waals surface area contributed by atoms with Crippen LogP contribution in [-0.2, 0) is 4.79 Å². The SMILES string of the molecule is N#CC1=NN(c2ccccc2)C(=O)/C1=C\c1cc2oc3cc(N(c4ccccc4)c4ccccc4)ccc3c2s1. The number of amides is 1. The first kappa shape index (κ1) is 23.7. The molecule has 1 aliphatic heterocycles. The number of carbonyl (C=O) groups is 1. The predicted octanol–water partition coefficient (Wildman–Crippen LogP) is 8.43. The van der Waals surface area contributed by atoms with E-state index in [1.165, 1.54) is 16.3 Å². The van der Waals surface area contributed by atoms with Gasteiger partial charge >= 0.3 is 0 Å². The van der Waals surface area contributed by atoms with Crippen LogP contribution in [0.1, 0.15) is 4.88 Å². The molecule has 190 valence electrons. The van der Waals surface area contributed by atoms with Crippen molar-refractivity contribution in [2.24, 2.45) is 5.10 Å². The number of hydrogen-bond acceptors (Lipinski definition) is 6. The summed E-state index contributed by atoms with van der Waals surface area (Å²) in [4.78, 5) is 16.2. The van der Waals surface area contributed by atoms with E-state index in [0.717, 1.165) is 43.2 Å². The molecule has 7 rings (SSSR count). The Morgan fingerprint density at radius 1 is 0.800 bits per heavy atom. The molecule has 0 atom stereocenters. The minimum Gasteiger partial charge on any atom is -0.455 e. The molecule has 0 saturated carbocycles. The molecule has 6 aromatic rings. The third-order valence-corrected chi connectivity index (χ3v) is 7.80. The van der Waals surface area contributed by atoms with Crippen molar-refractivity contribution in [3.63, 3.8) is 0 Å². The molecule has 0 saturated heterocycles. The highest BCUT2D eigenvalue weighted by Crippen LogP contribution is 2.41. The van der Waals surface area contributed by atoms with Crippen LogP contribution in [0.15, 0.2) is 130 Å². The summed E-state index contributed by atoms with van der Waals surface area (Å²) in [5, 5.41) is 16.2. The van der Waals surface area contributed by atoms with E-state index >= 15 is 0 Å². The number of anilines is 4. The third-order valence-electron chi connectivity index (χ3n) is 6.70. The molecule has 0 fully saturated rings. The number of benzene rings is 4. The van der Waals surface area contributed by atoms with Crippen molar-refractivity contribution in [2.75, 3.05) is 9.91 Å². The zero-order valence-electron chi connectivity index (χ0n) is 21.1. The van der Waals surface area contributed by atoms with Gasteiger partial charge in [0.25, 0.3) is 5.91 Å². The molecule has 0 unspecified atom stereocenters. The van der Waals surface area contributed by atoms with Gasteiger partial charge in [0.15, 0.2) is 5.71 Å². The van der Waals surface area contributed by atoms with Gasteiger partial charge < -0.3 is 9.32 Å². The molecular formula is C33H20N4O2S. The van der Waals surface area contributed by atoms with E-state index in [4.69, 9.17) is 4.42 Å². The molecule has 0 radical (unpaired) electrons. The second-order valence-corrected chi connectivity index (χ2v) is 10.3. The zero-order valence-corrected chi connectivity index (χ0v) is 21.9. The fourth-order valence-electron chi connectivity index (χ4n) is 4.88. The average Bonchev–Trinajstić information content (AvgIpc) is 3.65. The van der Waals surface area contributed by atoms with Crippen LogP contribution in [0, 0.1) is 11.3 Å². The highest BCUT2D eigenvalue weighted by Gasteiger charge is 2.31. The molecule has 3 heterocycles. The van der Waals surface area contributed by atoms with Gasteiger partial charge in [-0.05, 0) is 60.7 Å². The van der Waals surface area contributed by atoms with Crippen molar-refractivity contribution in [3.8, 4) is 6.07 Å². The Bertz CT molecular complexity index is 1940. The Labute approximate surface area is 233 Å². The van der Waals surface area contributed by atoms with Crippen LogP contribution in [0.25, 0.3) is 27.3 Å². The zero-order chi connectivity index (χ0) is 27.1. The topological polar surface area (TPSA) is 72.8 Å². The van der Waals surface area contributed by atoms with Crippen LogP contribution in [0.4, 0.5) is 22.7 Å². The number of nitriles is 1. The summed E-state index contributed by atoms with van der Waals surface area (Å²) in [6.45, 7) is 0. The number of rotatable bonds is 5. The van der Waals surface area contributed by atoms with E-state index in [1.807, 2.05) is 60.7 Å². The predicted molar refractivity (Wildman–Crippen MR) is 161 cm³/mol. The minimum atomic E-state index is -0.329. The first-order valence-electron chi connectivity index (χ1n) is 12.7. The molecule has 0 N–H and O–H groups in total. The van der Waals surface area contributed by atoms with Crippen molar-refractivity contribution in [3.05, 3.63) is 126 Å². The van der Waals surface area contributed by atoms with Gasteiger partial charge in [-0.1, -0.05) is 54.6 Å². The van der Waals surface area contributed by atoms with Gasteiger partial charge in [0, 0.05) is 33.4 Å². The molecule has 0 bridgehead atoms. The van der Waals surface area contributed by atoms with Gasteiger partial charge in [-0.3, -0.25) is 4.79 Å². The number of carbonyl (C=O) groups excluding carboxylic acids is 1. The summed E-state index contributed by atoms with van der Waals surface area (Å²) in [6.07, 6.45) is 1.72. The van der Waals surface area contributed by atoms with Gasteiger partial charge in [-0.2, -0.15) is 15.4 Å². The van der Waals surface area contributed by atoms with E-state index in [9.17, 15) is 10.1 Å². The van der Waals surface area contributed by atoms with Gasteiger partial charge in [-0.15, -0.1) is 11.3 Å². The second-order valence-electron chi connectivity index (χ2n) is 9.20. The first-order valence-corrected chi connectivity index (χ1v) is 13.5.